The van der Waals surface area contributed by atoms with Crippen molar-refractivity contribution in [1.82, 2.24) is 15.3 Å². The van der Waals surface area contributed by atoms with Gasteiger partial charge in [-0.25, -0.2) is 0 Å². The van der Waals surface area contributed by atoms with Gasteiger partial charge in [0.05, 0.1) is 0 Å². The molecule has 7 heteroatoms. The molecule has 2 aromatic rings. The predicted octanol–water partition coefficient (Wildman–Crippen LogP) is 5.66. The van der Waals surface area contributed by atoms with Crippen molar-refractivity contribution in [2.75, 3.05) is 16.8 Å². The Balaban J connectivity index is 1.52. The van der Waals surface area contributed by atoms with Crippen LogP contribution in [0.25, 0.3) is 0 Å². The van der Waals surface area contributed by atoms with Gasteiger partial charge in [0, 0.05) is 24.7 Å². The first-order valence-corrected chi connectivity index (χ1v) is 12.0. The summed E-state index contributed by atoms with van der Waals surface area (Å²) in [5, 5.41) is 7.28. The highest BCUT2D eigenvalue weighted by Crippen LogP contribution is 2.29. The second-order valence-electron chi connectivity index (χ2n) is 8.63. The van der Waals surface area contributed by atoms with Crippen LogP contribution in [0.3, 0.4) is 0 Å². The van der Waals surface area contributed by atoms with E-state index in [2.05, 4.69) is 27.4 Å². The minimum Gasteiger partial charge on any atom is -0.439 e. The Labute approximate surface area is 190 Å². The van der Waals surface area contributed by atoms with Crippen molar-refractivity contribution in [3.63, 3.8) is 0 Å². The molecule has 1 saturated carbocycles. The quantitative estimate of drug-likeness (QED) is 0.460. The first-order valence-electron chi connectivity index (χ1n) is 11.6. The lowest BCUT2D eigenvalue weighted by molar-refractivity contribution is 0.457. The van der Waals surface area contributed by atoms with E-state index >= 15 is 0 Å². The third-order valence-corrected chi connectivity index (χ3v) is 6.39. The number of rotatable bonds is 5. The van der Waals surface area contributed by atoms with Gasteiger partial charge in [0.15, 0.2) is 5.11 Å². The summed E-state index contributed by atoms with van der Waals surface area (Å²) in [5.41, 5.74) is 0. The second kappa shape index (κ2) is 10.8. The molecule has 4 rings (SSSR count). The number of para-hydroxylation sites is 1. The van der Waals surface area contributed by atoms with Crippen LogP contribution in [-0.2, 0) is 0 Å². The zero-order valence-corrected chi connectivity index (χ0v) is 19.2. The molecule has 166 valence electrons. The number of nitrogens with zero attached hydrogens (tertiary/aromatic N) is 3. The largest absolute Gasteiger partial charge is 0.439 e. The molecule has 1 aliphatic heterocycles. The van der Waals surface area contributed by atoms with Gasteiger partial charge in [0.25, 0.3) is 0 Å². The molecule has 6 nitrogen and oxygen atoms in total. The Kier molecular flexibility index (Phi) is 7.57. The van der Waals surface area contributed by atoms with Crippen LogP contribution in [0.2, 0.25) is 0 Å². The van der Waals surface area contributed by atoms with E-state index in [1.54, 1.807) is 0 Å². The summed E-state index contributed by atoms with van der Waals surface area (Å²) in [5.74, 6) is 2.64. The maximum absolute atomic E-state index is 6.05. The highest BCUT2D eigenvalue weighted by Gasteiger charge is 2.22. The van der Waals surface area contributed by atoms with Crippen LogP contribution in [0, 0.1) is 0 Å². The minimum absolute atomic E-state index is 0.424. The number of anilines is 2. The predicted molar refractivity (Wildman–Crippen MR) is 130 cm³/mol. The Morgan fingerprint density at radius 2 is 1.74 bits per heavy atom. The molecule has 0 spiro atoms. The number of aromatic nitrogens is 2. The average Bonchev–Trinajstić information content (AvgIpc) is 3.03. The van der Waals surface area contributed by atoms with E-state index in [0.29, 0.717) is 29.0 Å². The van der Waals surface area contributed by atoms with Crippen LogP contribution in [0.15, 0.2) is 36.4 Å². The summed E-state index contributed by atoms with van der Waals surface area (Å²) in [7, 11) is 0. The molecular formula is C24H33N5OS. The topological polar surface area (TPSA) is 62.3 Å². The molecule has 0 unspecified atom stereocenters. The maximum Gasteiger partial charge on any atom is 0.234 e. The number of thiocarbonyl (C=S) groups is 1. The van der Waals surface area contributed by atoms with Crippen LogP contribution in [0.1, 0.15) is 64.7 Å². The number of hydrogen-bond acceptors (Lipinski definition) is 5. The summed E-state index contributed by atoms with van der Waals surface area (Å²) < 4.78 is 6.05. The minimum atomic E-state index is 0.424. The fourth-order valence-electron chi connectivity index (χ4n) is 4.46. The summed E-state index contributed by atoms with van der Waals surface area (Å²) in [4.78, 5) is 11.7. The van der Waals surface area contributed by atoms with E-state index in [4.69, 9.17) is 21.9 Å². The van der Waals surface area contributed by atoms with Crippen LogP contribution < -0.4 is 20.3 Å². The third-order valence-electron chi connectivity index (χ3n) is 6.17. The van der Waals surface area contributed by atoms with E-state index in [9.17, 15) is 0 Å². The highest BCUT2D eigenvalue weighted by molar-refractivity contribution is 7.80. The first-order chi connectivity index (χ1) is 15.2. The lowest BCUT2D eigenvalue weighted by Gasteiger charge is -2.34. The smallest absolute Gasteiger partial charge is 0.234 e. The zero-order valence-electron chi connectivity index (χ0n) is 18.3. The fraction of sp³-hybridized carbons (Fsp3) is 0.542. The standard InChI is InChI=1S/C24H33N5OS/c1-18-11-9-10-16-29(18)21-17-22(30-20-14-7-4-8-15-20)27-23(26-21)28-24(31)25-19-12-5-2-3-6-13-19/h4,7-8,14-15,17-19H,2-3,5-6,9-13,16H2,1H3,(H2,25,26,27,28,31)/t18-/m1/s1. The zero-order chi connectivity index (χ0) is 21.5. The molecule has 2 N–H and O–H groups in total. The number of nitrogens with one attached hydrogen (secondary N) is 2. The molecule has 0 radical (unpaired) electrons. The van der Waals surface area contributed by atoms with Crippen molar-refractivity contribution in [3.05, 3.63) is 36.4 Å². The van der Waals surface area contributed by atoms with Gasteiger partial charge < -0.3 is 20.3 Å². The van der Waals surface area contributed by atoms with Gasteiger partial charge in [0.2, 0.25) is 11.8 Å². The molecule has 2 aliphatic rings. The molecule has 0 bridgehead atoms. The molecular weight excluding hydrogens is 406 g/mol. The van der Waals surface area contributed by atoms with Crippen molar-refractivity contribution in [2.24, 2.45) is 0 Å². The third kappa shape index (κ3) is 6.29. The summed E-state index contributed by atoms with van der Waals surface area (Å²) in [6.45, 7) is 3.25. The molecule has 2 fully saturated rings. The number of benzene rings is 1. The molecule has 1 aliphatic carbocycles. The van der Waals surface area contributed by atoms with Crippen LogP contribution in [0.5, 0.6) is 11.6 Å². The summed E-state index contributed by atoms with van der Waals surface area (Å²) in [6.07, 6.45) is 11.1. The molecule has 2 heterocycles. The molecule has 31 heavy (non-hydrogen) atoms. The van der Waals surface area contributed by atoms with Crippen molar-refractivity contribution < 1.29 is 4.74 Å². The normalized spacial score (nSPS) is 20.0. The molecule has 0 amide bonds. The van der Waals surface area contributed by atoms with E-state index in [1.165, 1.54) is 44.9 Å². The van der Waals surface area contributed by atoms with E-state index in [0.717, 1.165) is 31.0 Å². The van der Waals surface area contributed by atoms with E-state index in [-0.39, 0.29) is 0 Å². The van der Waals surface area contributed by atoms with Crippen molar-refractivity contribution in [3.8, 4) is 11.6 Å². The Morgan fingerprint density at radius 1 is 1.00 bits per heavy atom. The lowest BCUT2D eigenvalue weighted by atomic mass is 10.0. The summed E-state index contributed by atoms with van der Waals surface area (Å²) in [6, 6.07) is 12.5. The maximum atomic E-state index is 6.05. The molecule has 1 aromatic heterocycles. The van der Waals surface area contributed by atoms with E-state index in [1.807, 2.05) is 36.4 Å². The van der Waals surface area contributed by atoms with E-state index < -0.39 is 0 Å². The highest BCUT2D eigenvalue weighted by atomic mass is 32.1. The van der Waals surface area contributed by atoms with Crippen molar-refractivity contribution >= 4 is 29.1 Å². The molecule has 1 saturated heterocycles. The number of ether oxygens (including phenoxy) is 1. The number of piperidine rings is 1. The Bertz CT molecular complexity index is 854. The van der Waals surface area contributed by atoms with Gasteiger partial charge in [-0.2, -0.15) is 9.97 Å². The summed E-state index contributed by atoms with van der Waals surface area (Å²) >= 11 is 5.60. The first kappa shape index (κ1) is 21.8. The van der Waals surface area contributed by atoms with Gasteiger partial charge in [-0.1, -0.05) is 43.9 Å². The van der Waals surface area contributed by atoms with Crippen LogP contribution >= 0.6 is 12.2 Å². The molecule has 1 aromatic carbocycles. The SMILES string of the molecule is C[C@@H]1CCCCN1c1cc(Oc2ccccc2)nc(NC(=S)NC2CCCCCC2)n1. The molecule has 1 atom stereocenters. The Morgan fingerprint density at radius 3 is 2.48 bits per heavy atom. The van der Waals surface area contributed by atoms with Crippen molar-refractivity contribution in [1.29, 1.82) is 0 Å². The Hall–Kier alpha value is -2.41. The average molecular weight is 440 g/mol. The van der Waals surface area contributed by atoms with Gasteiger partial charge in [-0.3, -0.25) is 0 Å². The van der Waals surface area contributed by atoms with Crippen LogP contribution in [0.4, 0.5) is 11.8 Å². The van der Waals surface area contributed by atoms with Gasteiger partial charge >= 0.3 is 0 Å². The fourth-order valence-corrected chi connectivity index (χ4v) is 4.72. The van der Waals surface area contributed by atoms with Gasteiger partial charge in [-0.15, -0.1) is 0 Å². The van der Waals surface area contributed by atoms with Crippen molar-refractivity contribution in [2.45, 2.75) is 76.8 Å². The second-order valence-corrected chi connectivity index (χ2v) is 9.04. The lowest BCUT2D eigenvalue weighted by Crippen LogP contribution is -2.39. The van der Waals surface area contributed by atoms with Gasteiger partial charge in [-0.05, 0) is 63.4 Å². The van der Waals surface area contributed by atoms with Crippen LogP contribution in [-0.4, -0.2) is 33.7 Å². The monoisotopic (exact) mass is 439 g/mol. The van der Waals surface area contributed by atoms with Gasteiger partial charge in [0.1, 0.15) is 11.6 Å². The number of hydrogen-bond donors (Lipinski definition) is 2.